The number of para-hydroxylation sites is 1. The number of allylic oxidation sites excluding steroid dienone is 1. The molecule has 0 saturated heterocycles. The van der Waals surface area contributed by atoms with E-state index in [2.05, 4.69) is 41.5 Å². The molecule has 0 amide bonds. The smallest absolute Gasteiger partial charge is 0.268 e. The summed E-state index contributed by atoms with van der Waals surface area (Å²) in [7, 11) is -4.85. The molecule has 0 fully saturated rings. The second-order valence-corrected chi connectivity index (χ2v) is 19.6. The molecule has 1 unspecified atom stereocenters. The maximum Gasteiger partial charge on any atom is 0.268 e. The fourth-order valence-electron chi connectivity index (χ4n) is 6.77. The summed E-state index contributed by atoms with van der Waals surface area (Å²) >= 11 is 0. The van der Waals surface area contributed by atoms with E-state index in [4.69, 9.17) is 19.1 Å². The zero-order chi connectivity index (χ0) is 32.0. The molecule has 2 aromatic heterocycles. The minimum Gasteiger partial charge on any atom is -0.479 e. The highest BCUT2D eigenvalue weighted by Crippen LogP contribution is 2.47. The second kappa shape index (κ2) is 12.1. The van der Waals surface area contributed by atoms with Crippen molar-refractivity contribution in [1.29, 1.82) is 0 Å². The number of methoxy groups -OCH3 is 1. The maximum absolute atomic E-state index is 13.9. The first kappa shape index (κ1) is 31.8. The molecule has 10 heteroatoms. The van der Waals surface area contributed by atoms with Crippen LogP contribution in [0.15, 0.2) is 71.8 Å². The zero-order valence-electron chi connectivity index (χ0n) is 26.7. The summed E-state index contributed by atoms with van der Waals surface area (Å²) in [6.07, 6.45) is 4.92. The van der Waals surface area contributed by atoms with Crippen LogP contribution < -0.4 is 4.74 Å². The molecule has 232 valence electrons. The van der Waals surface area contributed by atoms with Crippen LogP contribution in [0.3, 0.4) is 0 Å². The van der Waals surface area contributed by atoms with Crippen molar-refractivity contribution in [3.05, 3.63) is 83.8 Å². The molecule has 44 heavy (non-hydrogen) atoms. The number of aryl methyl sites for hydroxylation is 1. The molecule has 5 rings (SSSR count). The van der Waals surface area contributed by atoms with Gasteiger partial charge in [0.2, 0.25) is 20.0 Å². The average molecular weight is 632 g/mol. The monoisotopic (exact) mass is 631 g/mol. The Morgan fingerprint density at radius 1 is 0.909 bits per heavy atom. The van der Waals surface area contributed by atoms with Crippen LogP contribution in [-0.4, -0.2) is 43.6 Å². The van der Waals surface area contributed by atoms with E-state index in [9.17, 15) is 13.2 Å². The largest absolute Gasteiger partial charge is 0.479 e. The number of hydrogen-bond acceptors (Lipinski definition) is 7. The van der Waals surface area contributed by atoms with E-state index in [-0.39, 0.29) is 22.3 Å². The van der Waals surface area contributed by atoms with E-state index in [1.54, 1.807) is 42.6 Å². The van der Waals surface area contributed by atoms with Crippen molar-refractivity contribution in [2.45, 2.75) is 82.5 Å². The lowest BCUT2D eigenvalue weighted by Crippen LogP contribution is -2.48. The third-order valence-corrected chi connectivity index (χ3v) is 16.6. The lowest BCUT2D eigenvalue weighted by Gasteiger charge is -2.44. The molecule has 8 nitrogen and oxygen atoms in total. The summed E-state index contributed by atoms with van der Waals surface area (Å²) in [6.45, 7) is 15.2. The van der Waals surface area contributed by atoms with Gasteiger partial charge in [-0.15, -0.1) is 0 Å². The molecule has 2 aromatic carbocycles. The Morgan fingerprint density at radius 3 is 2.16 bits per heavy atom. The van der Waals surface area contributed by atoms with Crippen LogP contribution in [-0.2, 0) is 14.4 Å². The first-order valence-corrected chi connectivity index (χ1v) is 18.7. The molecular formula is C34H41N3O5SSi. The quantitative estimate of drug-likeness (QED) is 0.172. The second-order valence-electron chi connectivity index (χ2n) is 12.4. The van der Waals surface area contributed by atoms with Crippen LogP contribution in [0, 0.1) is 6.92 Å². The van der Waals surface area contributed by atoms with Crippen LogP contribution in [0.4, 0.5) is 0 Å². The highest BCUT2D eigenvalue weighted by Gasteiger charge is 2.47. The Labute approximate surface area is 261 Å². The number of nitrogens with zero attached hydrogens (tertiary/aromatic N) is 3. The fourth-order valence-corrected chi connectivity index (χ4v) is 13.7. The van der Waals surface area contributed by atoms with E-state index in [1.165, 1.54) is 17.2 Å². The van der Waals surface area contributed by atoms with Gasteiger partial charge in [0.05, 0.1) is 29.3 Å². The summed E-state index contributed by atoms with van der Waals surface area (Å²) in [4.78, 5) is 23.2. The van der Waals surface area contributed by atoms with E-state index < -0.39 is 24.4 Å². The minimum atomic E-state index is -3.94. The molecule has 0 bridgehead atoms. The fraction of sp³-hybridized carbons (Fsp3) is 0.382. The van der Waals surface area contributed by atoms with E-state index in [0.29, 0.717) is 50.9 Å². The number of hydrogen-bond donors (Lipinski definition) is 0. The van der Waals surface area contributed by atoms with Gasteiger partial charge in [0, 0.05) is 17.1 Å². The number of ether oxygens (including phenoxy) is 1. The van der Waals surface area contributed by atoms with Gasteiger partial charge in [-0.25, -0.2) is 22.4 Å². The third-order valence-electron chi connectivity index (χ3n) is 8.81. The molecular weight excluding hydrogens is 591 g/mol. The summed E-state index contributed by atoms with van der Waals surface area (Å²) in [5.41, 5.74) is 3.97. The zero-order valence-corrected chi connectivity index (χ0v) is 28.5. The highest BCUT2D eigenvalue weighted by atomic mass is 32.2. The predicted molar refractivity (Wildman–Crippen MR) is 176 cm³/mol. The number of benzene rings is 2. The molecule has 0 saturated carbocycles. The first-order valence-electron chi connectivity index (χ1n) is 15.1. The molecule has 0 radical (unpaired) electrons. The normalized spacial score (nSPS) is 15.8. The molecule has 0 aliphatic heterocycles. The van der Waals surface area contributed by atoms with Gasteiger partial charge in [-0.2, -0.15) is 0 Å². The van der Waals surface area contributed by atoms with Crippen LogP contribution in [0.5, 0.6) is 5.88 Å². The highest BCUT2D eigenvalue weighted by molar-refractivity contribution is 7.90. The van der Waals surface area contributed by atoms with E-state index in [0.717, 1.165) is 5.56 Å². The molecule has 0 N–H and O–H groups in total. The van der Waals surface area contributed by atoms with Crippen molar-refractivity contribution < 1.29 is 22.4 Å². The van der Waals surface area contributed by atoms with Gasteiger partial charge in [0.25, 0.3) is 10.0 Å². The van der Waals surface area contributed by atoms with Crippen LogP contribution in [0.1, 0.15) is 75.8 Å². The van der Waals surface area contributed by atoms with Crippen molar-refractivity contribution in [3.63, 3.8) is 0 Å². The number of aromatic nitrogens is 3. The van der Waals surface area contributed by atoms with Gasteiger partial charge in [-0.1, -0.05) is 83.5 Å². The topological polar surface area (TPSA) is 100 Å². The molecule has 0 spiro atoms. The van der Waals surface area contributed by atoms with Crippen LogP contribution >= 0.6 is 0 Å². The number of carbonyl (C=O) groups is 1. The van der Waals surface area contributed by atoms with Crippen molar-refractivity contribution in [2.75, 3.05) is 7.11 Å². The summed E-state index contributed by atoms with van der Waals surface area (Å²) in [5, 5.41) is 0.668. The molecule has 1 aliphatic rings. The first-order chi connectivity index (χ1) is 20.8. The van der Waals surface area contributed by atoms with E-state index >= 15 is 0 Å². The van der Waals surface area contributed by atoms with Gasteiger partial charge < -0.3 is 9.16 Å². The summed E-state index contributed by atoms with van der Waals surface area (Å²) in [5.74, 6) is -0.124. The van der Waals surface area contributed by atoms with Gasteiger partial charge in [0.15, 0.2) is 0 Å². The Hall–Kier alpha value is -3.60. The van der Waals surface area contributed by atoms with Gasteiger partial charge in [-0.05, 0) is 54.2 Å². The number of fused-ring (bicyclic) bond motifs is 2. The molecule has 1 aliphatic carbocycles. The molecule has 4 aromatic rings. The predicted octanol–water partition coefficient (Wildman–Crippen LogP) is 8.03. The van der Waals surface area contributed by atoms with Crippen molar-refractivity contribution >= 4 is 35.0 Å². The van der Waals surface area contributed by atoms with Crippen LogP contribution in [0.25, 0.3) is 22.2 Å². The number of carbonyl (C=O) groups excluding carboxylic acids is 1. The Kier molecular flexibility index (Phi) is 8.72. The van der Waals surface area contributed by atoms with Gasteiger partial charge >= 0.3 is 0 Å². The van der Waals surface area contributed by atoms with Crippen LogP contribution in [0.2, 0.25) is 16.6 Å². The lowest BCUT2D eigenvalue weighted by atomic mass is 10.1. The Balaban J connectivity index is 1.74. The molecule has 2 heterocycles. The van der Waals surface area contributed by atoms with E-state index in [1.807, 2.05) is 25.1 Å². The average Bonchev–Trinajstić information content (AvgIpc) is 3.31. The van der Waals surface area contributed by atoms with Gasteiger partial charge in [-0.3, -0.25) is 4.79 Å². The minimum absolute atomic E-state index is 0.141. The SMILES string of the molecule is COc1nc2c(nc1-c1cn(S(=O)(=O)c3ccc(C)cc3)c3ccccc13)C(O[Si](C(C)C)(C(C)C)C(C)C)CC=CC2=O. The number of rotatable bonds is 9. The van der Waals surface area contributed by atoms with Crippen molar-refractivity contribution in [3.8, 4) is 17.1 Å². The molecule has 1 atom stereocenters. The standard InChI is InChI=1S/C34H41N3O5SSi/c1-21(2)44(22(3)4,23(5)6)42-30-15-11-14-29(38)32-33(30)35-31(34(36-32)41-8)27-20-37(28-13-10-9-12-26(27)28)43(39,40)25-18-16-24(7)17-19-25/h9-14,16-23,30H,15H2,1-8H3. The Bertz CT molecular complexity index is 1820. The lowest BCUT2D eigenvalue weighted by molar-refractivity contribution is 0.103. The number of ketones is 1. The van der Waals surface area contributed by atoms with Crippen molar-refractivity contribution in [2.24, 2.45) is 0 Å². The van der Waals surface area contributed by atoms with Gasteiger partial charge in [0.1, 0.15) is 11.4 Å². The van der Waals surface area contributed by atoms with Crippen molar-refractivity contribution in [1.82, 2.24) is 13.9 Å². The third kappa shape index (κ3) is 5.33. The summed E-state index contributed by atoms with van der Waals surface area (Å²) < 4.78 is 42.0. The Morgan fingerprint density at radius 2 is 1.55 bits per heavy atom. The maximum atomic E-state index is 13.9. The summed E-state index contributed by atoms with van der Waals surface area (Å²) in [6, 6.07) is 14.0.